The summed E-state index contributed by atoms with van der Waals surface area (Å²) in [7, 11) is 1.58. The average molecular weight is 516 g/mol. The minimum atomic E-state index is -0.784. The molecular formula is C24H26ClN5O4S. The highest BCUT2D eigenvalue weighted by atomic mass is 35.5. The van der Waals surface area contributed by atoms with Crippen molar-refractivity contribution >= 4 is 62.0 Å². The number of halogens is 1. The molecular weight excluding hydrogens is 490 g/mol. The quantitative estimate of drug-likeness (QED) is 0.338. The number of thiazole rings is 1. The van der Waals surface area contributed by atoms with Crippen molar-refractivity contribution in [1.29, 1.82) is 0 Å². The number of aryl methyl sites for hydroxylation is 2. The summed E-state index contributed by atoms with van der Waals surface area (Å²) < 4.78 is 12.8. The normalized spacial score (nSPS) is 11.8. The van der Waals surface area contributed by atoms with E-state index in [9.17, 15) is 9.59 Å². The molecule has 1 aromatic carbocycles. The van der Waals surface area contributed by atoms with Crippen LogP contribution in [0.5, 0.6) is 5.75 Å². The molecule has 0 saturated heterocycles. The fourth-order valence-electron chi connectivity index (χ4n) is 4.15. The van der Waals surface area contributed by atoms with E-state index in [4.69, 9.17) is 26.8 Å². The van der Waals surface area contributed by atoms with Gasteiger partial charge in [0.05, 0.1) is 34.3 Å². The number of methoxy groups -OCH3 is 1. The van der Waals surface area contributed by atoms with E-state index < -0.39 is 17.6 Å². The Morgan fingerprint density at radius 3 is 2.46 bits per heavy atom. The van der Waals surface area contributed by atoms with Gasteiger partial charge in [0.25, 0.3) is 5.91 Å². The second kappa shape index (κ2) is 8.69. The number of carbonyl (C=O) groups excluding carboxylic acids is 2. The third kappa shape index (κ3) is 4.28. The van der Waals surface area contributed by atoms with E-state index in [2.05, 4.69) is 15.3 Å². The van der Waals surface area contributed by atoms with Crippen LogP contribution in [-0.4, -0.2) is 39.2 Å². The van der Waals surface area contributed by atoms with Crippen LogP contribution in [0.2, 0.25) is 5.15 Å². The number of benzene rings is 1. The molecule has 4 rings (SSSR count). The number of hydrogen-bond donors (Lipinski definition) is 2. The number of anilines is 1. The Balaban J connectivity index is 2.22. The summed E-state index contributed by atoms with van der Waals surface area (Å²) in [5.74, 6) is -0.0433. The largest absolute Gasteiger partial charge is 0.496 e. The van der Waals surface area contributed by atoms with Crippen LogP contribution in [0.1, 0.15) is 47.3 Å². The summed E-state index contributed by atoms with van der Waals surface area (Å²) in [5.41, 5.74) is 8.45. The molecule has 0 aliphatic carbocycles. The maximum atomic E-state index is 12.9. The Morgan fingerprint density at radius 2 is 1.86 bits per heavy atom. The number of fused-ring (bicyclic) bond motifs is 3. The lowest BCUT2D eigenvalue weighted by molar-refractivity contribution is 0.0635. The van der Waals surface area contributed by atoms with Crippen molar-refractivity contribution in [2.75, 3.05) is 12.4 Å². The Bertz CT molecular complexity index is 1520. The Labute approximate surface area is 211 Å². The molecule has 0 aliphatic rings. The lowest BCUT2D eigenvalue weighted by atomic mass is 10.1. The smallest absolute Gasteiger partial charge is 0.413 e. The number of amides is 2. The first-order valence-electron chi connectivity index (χ1n) is 10.8. The highest BCUT2D eigenvalue weighted by Crippen LogP contribution is 2.43. The van der Waals surface area contributed by atoms with Crippen LogP contribution in [0.15, 0.2) is 12.1 Å². The van der Waals surface area contributed by atoms with Gasteiger partial charge in [-0.3, -0.25) is 14.7 Å². The SMILES string of the molecule is COc1ccc(C)c(-n2c(NC(=O)OC(C)(C)C)c(C(N)=O)c3c(Cl)nc4sc(C)nc4c32)c1C. The number of nitrogens with two attached hydrogens (primary N) is 1. The topological polar surface area (TPSA) is 121 Å². The summed E-state index contributed by atoms with van der Waals surface area (Å²) in [6.45, 7) is 10.9. The minimum Gasteiger partial charge on any atom is -0.496 e. The first-order chi connectivity index (χ1) is 16.3. The van der Waals surface area contributed by atoms with Crippen molar-refractivity contribution < 1.29 is 19.1 Å². The van der Waals surface area contributed by atoms with Gasteiger partial charge in [-0.15, -0.1) is 0 Å². The van der Waals surface area contributed by atoms with Crippen molar-refractivity contribution in [2.24, 2.45) is 5.73 Å². The van der Waals surface area contributed by atoms with Gasteiger partial charge in [0, 0.05) is 5.56 Å². The minimum absolute atomic E-state index is 0.0116. The van der Waals surface area contributed by atoms with Crippen molar-refractivity contribution in [1.82, 2.24) is 14.5 Å². The average Bonchev–Trinajstić information content (AvgIpc) is 3.25. The van der Waals surface area contributed by atoms with Crippen LogP contribution >= 0.6 is 22.9 Å². The number of carbonyl (C=O) groups is 2. The van der Waals surface area contributed by atoms with Gasteiger partial charge in [-0.05, 0) is 53.2 Å². The summed E-state index contributed by atoms with van der Waals surface area (Å²) >= 11 is 8.00. The Morgan fingerprint density at radius 1 is 1.17 bits per heavy atom. The van der Waals surface area contributed by atoms with Crippen LogP contribution in [0, 0.1) is 20.8 Å². The molecule has 9 nitrogen and oxygen atoms in total. The van der Waals surface area contributed by atoms with Gasteiger partial charge in [0.2, 0.25) is 0 Å². The van der Waals surface area contributed by atoms with Crippen molar-refractivity contribution in [3.63, 3.8) is 0 Å². The van der Waals surface area contributed by atoms with E-state index in [-0.39, 0.29) is 16.5 Å². The monoisotopic (exact) mass is 515 g/mol. The highest BCUT2D eigenvalue weighted by Gasteiger charge is 2.31. The van der Waals surface area contributed by atoms with Gasteiger partial charge in [0.1, 0.15) is 32.7 Å². The molecule has 0 radical (unpaired) electrons. The van der Waals surface area contributed by atoms with Gasteiger partial charge >= 0.3 is 6.09 Å². The van der Waals surface area contributed by atoms with Crippen LogP contribution < -0.4 is 15.8 Å². The van der Waals surface area contributed by atoms with Crippen molar-refractivity contribution in [3.8, 4) is 11.4 Å². The van der Waals surface area contributed by atoms with E-state index in [1.54, 1.807) is 32.4 Å². The van der Waals surface area contributed by atoms with Crippen LogP contribution in [0.25, 0.3) is 26.9 Å². The molecule has 3 N–H and O–H groups in total. The van der Waals surface area contributed by atoms with Gasteiger partial charge in [-0.25, -0.2) is 14.8 Å². The summed E-state index contributed by atoms with van der Waals surface area (Å²) in [6, 6.07) is 3.74. The van der Waals surface area contributed by atoms with E-state index in [1.807, 2.05) is 32.9 Å². The van der Waals surface area contributed by atoms with Gasteiger partial charge in [0.15, 0.2) is 0 Å². The van der Waals surface area contributed by atoms with Crippen molar-refractivity contribution in [3.05, 3.63) is 39.0 Å². The number of ether oxygens (including phenoxy) is 2. The summed E-state index contributed by atoms with van der Waals surface area (Å²) in [4.78, 5) is 35.5. The van der Waals surface area contributed by atoms with E-state index in [0.29, 0.717) is 32.7 Å². The van der Waals surface area contributed by atoms with Crippen molar-refractivity contribution in [2.45, 2.75) is 47.1 Å². The maximum absolute atomic E-state index is 12.9. The predicted octanol–water partition coefficient (Wildman–Crippen LogP) is 5.67. The molecule has 3 aromatic heterocycles. The fourth-order valence-corrected chi connectivity index (χ4v) is 5.26. The van der Waals surface area contributed by atoms with E-state index >= 15 is 0 Å². The zero-order valence-corrected chi connectivity index (χ0v) is 22.1. The molecule has 35 heavy (non-hydrogen) atoms. The fraction of sp³-hybridized carbons (Fsp3) is 0.333. The van der Waals surface area contributed by atoms with Gasteiger partial charge in [-0.1, -0.05) is 29.0 Å². The van der Waals surface area contributed by atoms with Crippen LogP contribution in [0.4, 0.5) is 10.6 Å². The number of aromatic nitrogens is 3. The standard InChI is InChI=1S/C24H26ClN5O4S/c1-10-8-9-13(33-7)11(2)17(10)30-18-14(19(25)28-22-16(18)27-12(3)35-22)15(20(26)31)21(30)29-23(32)34-24(4,5)6/h8-9H,1-7H3,(H2,26,31)(H,29,32). The molecule has 0 saturated carbocycles. The number of primary amides is 1. The van der Waals surface area contributed by atoms with Crippen LogP contribution in [0.3, 0.4) is 0 Å². The van der Waals surface area contributed by atoms with E-state index in [0.717, 1.165) is 16.1 Å². The lowest BCUT2D eigenvalue weighted by Gasteiger charge is -2.22. The third-order valence-electron chi connectivity index (χ3n) is 5.41. The number of nitrogens with one attached hydrogen (secondary N) is 1. The molecule has 0 atom stereocenters. The molecule has 0 unspecified atom stereocenters. The number of pyridine rings is 1. The highest BCUT2D eigenvalue weighted by molar-refractivity contribution is 7.18. The number of rotatable bonds is 4. The predicted molar refractivity (Wildman–Crippen MR) is 138 cm³/mol. The lowest BCUT2D eigenvalue weighted by Crippen LogP contribution is -2.29. The second-order valence-electron chi connectivity index (χ2n) is 9.12. The molecule has 0 fully saturated rings. The zero-order valence-electron chi connectivity index (χ0n) is 20.5. The zero-order chi connectivity index (χ0) is 25.8. The van der Waals surface area contributed by atoms with Gasteiger partial charge in [-0.2, -0.15) is 0 Å². The summed E-state index contributed by atoms with van der Waals surface area (Å²) in [6.07, 6.45) is -0.753. The molecule has 0 bridgehead atoms. The second-order valence-corrected chi connectivity index (χ2v) is 10.7. The number of nitrogens with zero attached hydrogens (tertiary/aromatic N) is 3. The first kappa shape index (κ1) is 24.7. The molecule has 184 valence electrons. The molecule has 0 spiro atoms. The molecule has 2 amide bonds. The molecule has 3 heterocycles. The Hall–Kier alpha value is -3.37. The molecule has 4 aromatic rings. The third-order valence-corrected chi connectivity index (χ3v) is 6.55. The molecule has 11 heteroatoms. The first-order valence-corrected chi connectivity index (χ1v) is 12.0. The molecule has 0 aliphatic heterocycles. The van der Waals surface area contributed by atoms with E-state index in [1.165, 1.54) is 11.3 Å². The van der Waals surface area contributed by atoms with Gasteiger partial charge < -0.3 is 15.2 Å². The Kier molecular flexibility index (Phi) is 6.14. The summed E-state index contributed by atoms with van der Waals surface area (Å²) in [5, 5.41) is 3.89. The number of hydrogen-bond acceptors (Lipinski definition) is 7. The van der Waals surface area contributed by atoms with Crippen LogP contribution in [-0.2, 0) is 4.74 Å². The maximum Gasteiger partial charge on any atom is 0.413 e.